The Labute approximate surface area is 182 Å². The fraction of sp³-hybridized carbons (Fsp3) is 0.304. The highest BCUT2D eigenvalue weighted by Gasteiger charge is 2.58. The predicted octanol–water partition coefficient (Wildman–Crippen LogP) is 3.19. The smallest absolute Gasteiger partial charge is 0.410 e. The van der Waals surface area contributed by atoms with Crippen molar-refractivity contribution in [2.24, 2.45) is 5.92 Å². The number of ether oxygens (including phenoxy) is 1. The van der Waals surface area contributed by atoms with Gasteiger partial charge in [0.2, 0.25) is 5.91 Å². The number of nitrogens with zero attached hydrogens (tertiary/aromatic N) is 2. The average molecular weight is 441 g/mol. The molecule has 2 fully saturated rings. The van der Waals surface area contributed by atoms with Crippen LogP contribution in [0.4, 0.5) is 4.79 Å². The topological polar surface area (TPSA) is 84.0 Å². The first-order valence-corrected chi connectivity index (χ1v) is 11.6. The molecular formula is C23H24N2O5S. The number of benzene rings is 2. The Balaban J connectivity index is 1.59. The normalized spacial score (nSPS) is 23.0. The summed E-state index contributed by atoms with van der Waals surface area (Å²) in [5.41, 5.74) is 0.852. The number of amides is 2. The fourth-order valence-corrected chi connectivity index (χ4v) is 6.14. The van der Waals surface area contributed by atoms with E-state index < -0.39 is 40.0 Å². The maximum atomic E-state index is 13.3. The molecule has 2 amide bonds. The lowest BCUT2D eigenvalue weighted by Gasteiger charge is -2.26. The van der Waals surface area contributed by atoms with E-state index in [4.69, 9.17) is 4.74 Å². The summed E-state index contributed by atoms with van der Waals surface area (Å²) in [4.78, 5) is 27.6. The van der Waals surface area contributed by atoms with Crippen LogP contribution >= 0.6 is 0 Å². The maximum absolute atomic E-state index is 13.3. The Morgan fingerprint density at radius 1 is 1.10 bits per heavy atom. The first-order chi connectivity index (χ1) is 14.9. The summed E-state index contributed by atoms with van der Waals surface area (Å²) in [5.74, 6) is -1.17. The largest absolute Gasteiger partial charge is 0.445 e. The second kappa shape index (κ2) is 8.55. The van der Waals surface area contributed by atoms with E-state index in [1.165, 1.54) is 17.0 Å². The van der Waals surface area contributed by atoms with Crippen molar-refractivity contribution in [3.8, 4) is 0 Å². The molecule has 0 saturated carbocycles. The molecule has 0 bridgehead atoms. The number of rotatable bonds is 6. The summed E-state index contributed by atoms with van der Waals surface area (Å²) < 4.78 is 33.0. The maximum Gasteiger partial charge on any atom is 0.410 e. The van der Waals surface area contributed by atoms with Gasteiger partial charge in [-0.2, -0.15) is 0 Å². The number of fused-ring (bicyclic) bond motifs is 1. The zero-order chi connectivity index (χ0) is 22.0. The molecule has 8 heteroatoms. The van der Waals surface area contributed by atoms with Crippen LogP contribution in [0.5, 0.6) is 0 Å². The number of hydrogen-bond donors (Lipinski definition) is 0. The number of hydrogen-bond acceptors (Lipinski definition) is 5. The highest BCUT2D eigenvalue weighted by molar-refractivity contribution is 7.89. The van der Waals surface area contributed by atoms with Crippen LogP contribution in [0.15, 0.2) is 78.2 Å². The number of allylic oxidation sites excluding steroid dienone is 1. The Morgan fingerprint density at radius 3 is 2.39 bits per heavy atom. The molecule has 7 nitrogen and oxygen atoms in total. The molecule has 0 unspecified atom stereocenters. The molecule has 2 aromatic carbocycles. The van der Waals surface area contributed by atoms with Gasteiger partial charge in [0.1, 0.15) is 6.61 Å². The van der Waals surface area contributed by atoms with Gasteiger partial charge >= 0.3 is 6.09 Å². The molecule has 2 aliphatic heterocycles. The van der Waals surface area contributed by atoms with Crippen molar-refractivity contribution in [2.45, 2.75) is 36.4 Å². The molecule has 0 N–H and O–H groups in total. The van der Waals surface area contributed by atoms with E-state index in [2.05, 4.69) is 6.58 Å². The second-order valence-corrected chi connectivity index (χ2v) is 9.48. The van der Waals surface area contributed by atoms with Crippen LogP contribution < -0.4 is 0 Å². The summed E-state index contributed by atoms with van der Waals surface area (Å²) in [7, 11) is -4.03. The average Bonchev–Trinajstić information content (AvgIpc) is 3.32. The van der Waals surface area contributed by atoms with Gasteiger partial charge < -0.3 is 9.64 Å². The lowest BCUT2D eigenvalue weighted by Crippen LogP contribution is -2.43. The van der Waals surface area contributed by atoms with Crippen LogP contribution in [0.25, 0.3) is 0 Å². The van der Waals surface area contributed by atoms with E-state index in [0.717, 1.165) is 9.87 Å². The SMILES string of the molecule is C=CC[C@H]1C(=O)N(S(=O)(=O)c2ccccc2)[C@H]2CCN(C(=O)OCc3ccccc3)[C@H]12. The van der Waals surface area contributed by atoms with E-state index in [9.17, 15) is 18.0 Å². The van der Waals surface area contributed by atoms with E-state index in [1.807, 2.05) is 30.3 Å². The third-order valence-corrected chi connectivity index (χ3v) is 7.66. The van der Waals surface area contributed by atoms with Crippen molar-refractivity contribution in [2.75, 3.05) is 6.54 Å². The van der Waals surface area contributed by atoms with E-state index in [-0.39, 0.29) is 17.9 Å². The summed E-state index contributed by atoms with van der Waals surface area (Å²) in [5, 5.41) is 0. The van der Waals surface area contributed by atoms with Crippen LogP contribution in [-0.2, 0) is 26.2 Å². The quantitative estimate of drug-likeness (QED) is 0.644. The molecule has 0 radical (unpaired) electrons. The van der Waals surface area contributed by atoms with Gasteiger partial charge in [-0.05, 0) is 30.5 Å². The highest BCUT2D eigenvalue weighted by Crippen LogP contribution is 2.41. The molecule has 2 aromatic rings. The van der Waals surface area contributed by atoms with E-state index in [0.29, 0.717) is 13.0 Å². The number of likely N-dealkylation sites (tertiary alicyclic amines) is 1. The van der Waals surface area contributed by atoms with Crippen molar-refractivity contribution in [3.05, 3.63) is 78.9 Å². The predicted molar refractivity (Wildman–Crippen MR) is 114 cm³/mol. The van der Waals surface area contributed by atoms with Gasteiger partial charge in [-0.15, -0.1) is 6.58 Å². The van der Waals surface area contributed by atoms with Crippen molar-refractivity contribution in [1.82, 2.24) is 9.21 Å². The van der Waals surface area contributed by atoms with E-state index in [1.54, 1.807) is 24.3 Å². The van der Waals surface area contributed by atoms with Crippen LogP contribution in [0.2, 0.25) is 0 Å². The summed E-state index contributed by atoms with van der Waals surface area (Å²) in [6, 6.07) is 16.0. The van der Waals surface area contributed by atoms with Crippen molar-refractivity contribution in [1.29, 1.82) is 0 Å². The van der Waals surface area contributed by atoms with Crippen molar-refractivity contribution in [3.63, 3.8) is 0 Å². The molecule has 4 rings (SSSR count). The summed E-state index contributed by atoms with van der Waals surface area (Å²) >= 11 is 0. The number of carbonyl (C=O) groups is 2. The van der Waals surface area contributed by atoms with Gasteiger partial charge in [-0.3, -0.25) is 4.79 Å². The molecule has 2 saturated heterocycles. The Kier molecular flexibility index (Phi) is 5.82. The van der Waals surface area contributed by atoms with Gasteiger partial charge in [0.15, 0.2) is 0 Å². The van der Waals surface area contributed by atoms with Crippen LogP contribution in [-0.4, -0.2) is 48.3 Å². The van der Waals surface area contributed by atoms with Crippen LogP contribution in [0.3, 0.4) is 0 Å². The van der Waals surface area contributed by atoms with Crippen molar-refractivity contribution >= 4 is 22.0 Å². The Bertz CT molecular complexity index is 1070. The van der Waals surface area contributed by atoms with Crippen LogP contribution in [0, 0.1) is 5.92 Å². The minimum atomic E-state index is -4.03. The highest BCUT2D eigenvalue weighted by atomic mass is 32.2. The lowest BCUT2D eigenvalue weighted by atomic mass is 9.96. The first-order valence-electron chi connectivity index (χ1n) is 10.2. The number of carbonyl (C=O) groups excluding carboxylic acids is 2. The zero-order valence-electron chi connectivity index (χ0n) is 17.0. The standard InChI is InChI=1S/C23H24N2O5S/c1-2-9-19-21-20(25(22(19)26)31(28,29)18-12-7-4-8-13-18)14-15-24(21)23(27)30-16-17-10-5-3-6-11-17/h2-8,10-13,19-21H,1,9,14-16H2/t19-,20+,21-/m1/s1. The van der Waals surface area contributed by atoms with Crippen LogP contribution in [0.1, 0.15) is 18.4 Å². The fourth-order valence-electron chi connectivity index (χ4n) is 4.45. The molecule has 162 valence electrons. The summed E-state index contributed by atoms with van der Waals surface area (Å²) in [6.07, 6.45) is 1.70. The lowest BCUT2D eigenvalue weighted by molar-refractivity contribution is -0.128. The minimum Gasteiger partial charge on any atom is -0.445 e. The van der Waals surface area contributed by atoms with Gasteiger partial charge in [0.05, 0.1) is 22.9 Å². The Hall–Kier alpha value is -3.13. The molecule has 0 aromatic heterocycles. The first kappa shape index (κ1) is 21.1. The minimum absolute atomic E-state index is 0.0615. The van der Waals surface area contributed by atoms with Gasteiger partial charge in [0.25, 0.3) is 10.0 Å². The summed E-state index contributed by atoms with van der Waals surface area (Å²) in [6.45, 7) is 4.14. The van der Waals surface area contributed by atoms with Gasteiger partial charge in [-0.1, -0.05) is 54.6 Å². The monoisotopic (exact) mass is 440 g/mol. The van der Waals surface area contributed by atoms with Gasteiger partial charge in [-0.25, -0.2) is 17.5 Å². The molecule has 31 heavy (non-hydrogen) atoms. The van der Waals surface area contributed by atoms with Crippen molar-refractivity contribution < 1.29 is 22.7 Å². The van der Waals surface area contributed by atoms with Gasteiger partial charge in [0, 0.05) is 6.54 Å². The molecule has 2 heterocycles. The molecule has 0 aliphatic carbocycles. The molecule has 3 atom stereocenters. The second-order valence-electron chi connectivity index (χ2n) is 7.66. The molecular weight excluding hydrogens is 416 g/mol. The Morgan fingerprint density at radius 2 is 1.74 bits per heavy atom. The third-order valence-electron chi connectivity index (χ3n) is 5.83. The third kappa shape index (κ3) is 3.83. The zero-order valence-corrected chi connectivity index (χ0v) is 17.8. The van der Waals surface area contributed by atoms with E-state index >= 15 is 0 Å². The molecule has 2 aliphatic rings. The number of sulfonamides is 1. The molecule has 0 spiro atoms.